The van der Waals surface area contributed by atoms with Crippen molar-refractivity contribution in [3.8, 4) is 0 Å². The molecule has 0 rings (SSSR count). The summed E-state index contributed by atoms with van der Waals surface area (Å²) < 4.78 is -22.7. The van der Waals surface area contributed by atoms with Crippen molar-refractivity contribution < 1.29 is 0 Å². The van der Waals surface area contributed by atoms with E-state index in [-0.39, 0.29) is 0 Å². The molecular formula is C9HCl19. The smallest absolute Gasteiger partial charge is 0.102 e. The molecular weight excluding hydrogens is 782 g/mol. The third-order valence-corrected chi connectivity index (χ3v) is 15.7. The average molecular weight is 783 g/mol. The molecule has 0 saturated carbocycles. The van der Waals surface area contributed by atoms with Crippen LogP contribution in [0.25, 0.3) is 0 Å². The van der Waals surface area contributed by atoms with Gasteiger partial charge in [-0.3, -0.25) is 0 Å². The first-order valence-corrected chi connectivity index (χ1v) is 13.0. The molecule has 0 amide bonds. The highest BCUT2D eigenvalue weighted by atomic mass is 35.6. The van der Waals surface area contributed by atoms with Crippen LogP contribution in [-0.4, -0.2) is 39.0 Å². The van der Waals surface area contributed by atoms with Gasteiger partial charge in [-0.1, -0.05) is 197 Å². The maximum absolute atomic E-state index is 6.21. The van der Waals surface area contributed by atoms with Gasteiger partial charge in [0.05, 0.1) is 0 Å². The zero-order valence-corrected chi connectivity index (χ0v) is 26.1. The van der Waals surface area contributed by atoms with E-state index in [0.29, 0.717) is 0 Å². The van der Waals surface area contributed by atoms with Crippen LogP contribution >= 0.6 is 220 Å². The van der Waals surface area contributed by atoms with Gasteiger partial charge in [0.2, 0.25) is 8.13 Å². The van der Waals surface area contributed by atoms with Gasteiger partial charge >= 0.3 is 0 Å². The van der Waals surface area contributed by atoms with Crippen LogP contribution in [0.3, 0.4) is 0 Å². The molecule has 0 aromatic carbocycles. The number of halogens is 19. The second-order valence-electron chi connectivity index (χ2n) is 4.87. The predicted molar refractivity (Wildman–Crippen MR) is 137 cm³/mol. The van der Waals surface area contributed by atoms with E-state index < -0.39 is 39.0 Å². The lowest BCUT2D eigenvalue weighted by atomic mass is 10.0. The van der Waals surface area contributed by atoms with Crippen LogP contribution in [0, 0.1) is 0 Å². The van der Waals surface area contributed by atoms with Crippen LogP contribution in [0.5, 0.6) is 0 Å². The first-order chi connectivity index (χ1) is 11.7. The van der Waals surface area contributed by atoms with E-state index in [2.05, 4.69) is 0 Å². The Morgan fingerprint density at radius 3 is 0.750 bits per heavy atom. The van der Waals surface area contributed by atoms with Crippen molar-refractivity contribution in [1.82, 2.24) is 0 Å². The number of hydrogen-bond acceptors (Lipinski definition) is 0. The Hall–Kier alpha value is 5.51. The lowest BCUT2D eigenvalue weighted by Crippen LogP contribution is -2.70. The SMILES string of the molecule is ClC(Cl)C(Cl)(Cl)C(Cl)(Cl)C(Cl)(Cl)C(Cl)(Cl)C(Cl)(Cl)C(Cl)(Cl)C(Cl)(Cl)C(Cl)(Cl)Cl. The molecule has 0 fully saturated rings. The Bertz CT molecular complexity index is 564. The van der Waals surface area contributed by atoms with Crippen molar-refractivity contribution in [1.29, 1.82) is 0 Å². The van der Waals surface area contributed by atoms with Crippen LogP contribution in [-0.2, 0) is 0 Å². The van der Waals surface area contributed by atoms with E-state index in [1.165, 1.54) is 0 Å². The minimum atomic E-state index is -3.03. The largest absolute Gasteiger partial charge is 0.226 e. The molecule has 0 aromatic rings. The Morgan fingerprint density at radius 2 is 0.536 bits per heavy atom. The average Bonchev–Trinajstić information content (AvgIpc) is 2.44. The predicted octanol–water partition coefficient (Wildman–Crippen LogP) is 11.4. The Balaban J connectivity index is 6.72. The normalized spacial score (nSPS) is 16.7. The van der Waals surface area contributed by atoms with Gasteiger partial charge in [0.1, 0.15) is 4.84 Å². The lowest BCUT2D eigenvalue weighted by Gasteiger charge is -2.54. The Morgan fingerprint density at radius 1 is 0.321 bits per heavy atom. The quantitative estimate of drug-likeness (QED) is 0.226. The van der Waals surface area contributed by atoms with Gasteiger partial charge in [0.25, 0.3) is 0 Å². The Kier molecular flexibility index (Phi) is 12.1. The summed E-state index contributed by atoms with van der Waals surface area (Å²) in [6, 6.07) is 0. The third kappa shape index (κ3) is 5.28. The molecule has 0 aliphatic carbocycles. The van der Waals surface area contributed by atoms with Gasteiger partial charge in [-0.05, 0) is 0 Å². The number of hydrogen-bond donors (Lipinski definition) is 0. The lowest BCUT2D eigenvalue weighted by molar-refractivity contribution is 0.456. The standard InChI is InChI=1S/C9HCl19/c10-1(11)2(12,13)3(14,15)4(16,17)5(18,19)6(20,21)7(22,23)8(24,25)9(26,27)28/h1H. The van der Waals surface area contributed by atoms with Crippen molar-refractivity contribution in [2.45, 2.75) is 39.0 Å². The summed E-state index contributed by atoms with van der Waals surface area (Å²) in [5.41, 5.74) is 0. The van der Waals surface area contributed by atoms with Gasteiger partial charge in [-0.2, -0.15) is 0 Å². The fourth-order valence-electron chi connectivity index (χ4n) is 1.31. The Labute approximate surface area is 255 Å². The van der Waals surface area contributed by atoms with Crippen molar-refractivity contribution in [2.75, 3.05) is 0 Å². The van der Waals surface area contributed by atoms with Crippen LogP contribution in [0.15, 0.2) is 0 Å². The van der Waals surface area contributed by atoms with Gasteiger partial charge in [0, 0.05) is 0 Å². The summed E-state index contributed by atoms with van der Waals surface area (Å²) in [6.07, 6.45) is 0. The van der Waals surface area contributed by atoms with E-state index in [1.54, 1.807) is 0 Å². The topological polar surface area (TPSA) is 0 Å². The summed E-state index contributed by atoms with van der Waals surface area (Å²) in [4.78, 5) is -1.70. The van der Waals surface area contributed by atoms with Crippen molar-refractivity contribution >= 4 is 220 Å². The first kappa shape index (κ1) is 33.5. The first-order valence-electron chi connectivity index (χ1n) is 5.69. The molecule has 0 radical (unpaired) electrons. The van der Waals surface area contributed by atoms with Crippen LogP contribution in [0.1, 0.15) is 0 Å². The van der Waals surface area contributed by atoms with Crippen LogP contribution < -0.4 is 0 Å². The van der Waals surface area contributed by atoms with E-state index in [1.807, 2.05) is 0 Å². The van der Waals surface area contributed by atoms with E-state index >= 15 is 0 Å². The number of alkyl halides is 19. The van der Waals surface area contributed by atoms with E-state index in [9.17, 15) is 0 Å². The zero-order chi connectivity index (χ0) is 23.6. The van der Waals surface area contributed by atoms with Gasteiger partial charge < -0.3 is 0 Å². The second kappa shape index (κ2) is 10.1. The fraction of sp³-hybridized carbons (Fsp3) is 1.00. The monoisotopic (exact) mass is 773 g/mol. The molecule has 0 aliphatic rings. The zero-order valence-electron chi connectivity index (χ0n) is 11.8. The van der Waals surface area contributed by atoms with Gasteiger partial charge in [0.15, 0.2) is 26.0 Å². The molecule has 0 aliphatic heterocycles. The number of rotatable bonds is 7. The van der Waals surface area contributed by atoms with E-state index in [0.717, 1.165) is 0 Å². The second-order valence-corrected chi connectivity index (χ2v) is 17.6. The molecule has 0 nitrogen and oxygen atoms in total. The van der Waals surface area contributed by atoms with Gasteiger partial charge in [-0.15, -0.1) is 23.2 Å². The third-order valence-electron chi connectivity index (χ3n) is 3.02. The summed E-state index contributed by atoms with van der Waals surface area (Å²) in [5.74, 6) is 0. The minimum absolute atomic E-state index is 1.70. The molecule has 170 valence electrons. The molecule has 0 aromatic heterocycles. The molecule has 0 unspecified atom stereocenters. The molecule has 19 heteroatoms. The van der Waals surface area contributed by atoms with E-state index in [4.69, 9.17) is 220 Å². The summed E-state index contributed by atoms with van der Waals surface area (Å²) >= 11 is 114. The van der Waals surface area contributed by atoms with Crippen molar-refractivity contribution in [3.63, 3.8) is 0 Å². The molecule has 0 bridgehead atoms. The maximum Gasteiger partial charge on any atom is 0.226 e. The fourth-order valence-corrected chi connectivity index (χ4v) is 6.90. The van der Waals surface area contributed by atoms with Crippen LogP contribution in [0.4, 0.5) is 0 Å². The maximum atomic E-state index is 6.21. The molecule has 28 heavy (non-hydrogen) atoms. The summed E-state index contributed by atoms with van der Waals surface area (Å²) in [7, 11) is 0. The molecule has 0 saturated heterocycles. The highest BCUT2D eigenvalue weighted by molar-refractivity contribution is 6.83. The summed E-state index contributed by atoms with van der Waals surface area (Å²) in [6.45, 7) is 0. The molecule has 0 heterocycles. The highest BCUT2D eigenvalue weighted by Gasteiger charge is 2.81. The van der Waals surface area contributed by atoms with Crippen LogP contribution in [0.2, 0.25) is 0 Å². The van der Waals surface area contributed by atoms with Gasteiger partial charge in [-0.25, -0.2) is 0 Å². The molecule has 0 N–H and O–H groups in total. The van der Waals surface area contributed by atoms with Crippen molar-refractivity contribution in [2.24, 2.45) is 0 Å². The minimum Gasteiger partial charge on any atom is -0.102 e. The molecule has 0 atom stereocenters. The summed E-state index contributed by atoms with van der Waals surface area (Å²) in [5, 5.41) is 0. The molecule has 0 spiro atoms. The highest BCUT2D eigenvalue weighted by Crippen LogP contribution is 2.72. The van der Waals surface area contributed by atoms with Crippen molar-refractivity contribution in [3.05, 3.63) is 0 Å².